The molecule has 14 heavy (non-hydrogen) atoms. The molecule has 0 fully saturated rings. The van der Waals surface area contributed by atoms with Crippen molar-refractivity contribution in [3.8, 4) is 0 Å². The van der Waals surface area contributed by atoms with Crippen LogP contribution in [0.25, 0.3) is 0 Å². The molecule has 78 valence electrons. The number of hydrogen-bond donors (Lipinski definition) is 1. The Morgan fingerprint density at radius 2 is 1.71 bits per heavy atom. The van der Waals surface area contributed by atoms with Crippen molar-refractivity contribution in [3.63, 3.8) is 0 Å². The molecule has 0 unspecified atom stereocenters. The highest BCUT2D eigenvalue weighted by molar-refractivity contribution is 14.2. The van der Waals surface area contributed by atoms with Crippen molar-refractivity contribution < 1.29 is 0 Å². The van der Waals surface area contributed by atoms with Gasteiger partial charge in [0, 0.05) is 5.69 Å². The van der Waals surface area contributed by atoms with Crippen molar-refractivity contribution in [1.82, 2.24) is 0 Å². The van der Waals surface area contributed by atoms with E-state index in [-0.39, 0.29) is 5.41 Å². The predicted octanol–water partition coefficient (Wildman–Crippen LogP) is 4.55. The smallest absolute Gasteiger partial charge is 0.130 e. The molecule has 1 aromatic rings. The second kappa shape index (κ2) is 5.01. The average Bonchev–Trinajstić information content (AvgIpc) is 2.01. The Balaban J connectivity index is 3.04. The van der Waals surface area contributed by atoms with Gasteiger partial charge in [-0.05, 0) is 62.2 Å². The van der Waals surface area contributed by atoms with Crippen molar-refractivity contribution in [2.45, 2.75) is 28.2 Å². The van der Waals surface area contributed by atoms with Crippen molar-refractivity contribution in [1.29, 1.82) is 0 Å². The van der Waals surface area contributed by atoms with Gasteiger partial charge in [-0.2, -0.15) is 0 Å². The Hall–Kier alpha value is 0.480. The van der Waals surface area contributed by atoms with Crippen LogP contribution in [0.5, 0.6) is 0 Å². The number of hydrogen-bond acceptors (Lipinski definition) is 1. The fourth-order valence-electron chi connectivity index (χ4n) is 1.38. The summed E-state index contributed by atoms with van der Waals surface area (Å²) < 4.78 is 0.425. The number of benzene rings is 1. The zero-order valence-electron chi connectivity index (χ0n) is 8.64. The van der Waals surface area contributed by atoms with Crippen LogP contribution in [0.2, 0.25) is 0 Å². The first-order valence-corrected chi connectivity index (χ1v) is 7.04. The summed E-state index contributed by atoms with van der Waals surface area (Å²) in [6.45, 7) is 6.72. The Labute approximate surface area is 113 Å². The van der Waals surface area contributed by atoms with Gasteiger partial charge in [0.25, 0.3) is 0 Å². The normalized spacial score (nSPS) is 11.9. The lowest BCUT2D eigenvalue weighted by Crippen LogP contribution is -2.15. The standard InChI is InChI=1S/C11H15I2N/c1-11(2,3)8-6-4-5-7-9(8)14-10(12)13/h4-7,10,14H,1-3H3. The summed E-state index contributed by atoms with van der Waals surface area (Å²) in [7, 11) is 0. The van der Waals surface area contributed by atoms with Crippen molar-refractivity contribution in [3.05, 3.63) is 29.8 Å². The Morgan fingerprint density at radius 1 is 1.14 bits per heavy atom. The van der Waals surface area contributed by atoms with Gasteiger partial charge in [-0.15, -0.1) is 0 Å². The van der Waals surface area contributed by atoms with Crippen LogP contribution in [-0.2, 0) is 5.41 Å². The molecular formula is C11H15I2N. The Bertz CT molecular complexity index is 302. The zero-order valence-corrected chi connectivity index (χ0v) is 13.0. The highest BCUT2D eigenvalue weighted by atomic mass is 127. The van der Waals surface area contributed by atoms with Crippen LogP contribution in [0.15, 0.2) is 24.3 Å². The highest BCUT2D eigenvalue weighted by Crippen LogP contribution is 2.30. The molecule has 0 amide bonds. The lowest BCUT2D eigenvalue weighted by Gasteiger charge is -2.23. The first-order chi connectivity index (χ1) is 6.41. The van der Waals surface area contributed by atoms with Gasteiger partial charge in [-0.1, -0.05) is 39.0 Å². The van der Waals surface area contributed by atoms with E-state index in [1.807, 2.05) is 0 Å². The molecule has 1 rings (SSSR count). The van der Waals surface area contributed by atoms with E-state index in [0.29, 0.717) is 2.06 Å². The van der Waals surface area contributed by atoms with Crippen LogP contribution in [0.4, 0.5) is 5.69 Å². The van der Waals surface area contributed by atoms with Gasteiger partial charge in [-0.25, -0.2) is 0 Å². The summed E-state index contributed by atoms with van der Waals surface area (Å²) in [5, 5.41) is 3.45. The van der Waals surface area contributed by atoms with Gasteiger partial charge in [0.1, 0.15) is 2.06 Å². The molecule has 0 saturated heterocycles. The molecule has 0 aromatic heterocycles. The van der Waals surface area contributed by atoms with Crippen LogP contribution >= 0.6 is 45.2 Å². The monoisotopic (exact) mass is 415 g/mol. The minimum absolute atomic E-state index is 0.200. The third-order valence-corrected chi connectivity index (χ3v) is 2.62. The minimum Gasteiger partial charge on any atom is -0.365 e. The largest absolute Gasteiger partial charge is 0.365 e. The quantitative estimate of drug-likeness (QED) is 0.425. The number of para-hydroxylation sites is 1. The van der Waals surface area contributed by atoms with Crippen LogP contribution in [0.3, 0.4) is 0 Å². The van der Waals surface area contributed by atoms with Gasteiger partial charge in [-0.3, -0.25) is 0 Å². The van der Waals surface area contributed by atoms with Crippen LogP contribution < -0.4 is 5.32 Å². The SMILES string of the molecule is CC(C)(C)c1ccccc1NC(I)I. The first-order valence-electron chi connectivity index (χ1n) is 4.55. The van der Waals surface area contributed by atoms with E-state index >= 15 is 0 Å². The van der Waals surface area contributed by atoms with Gasteiger partial charge in [0.15, 0.2) is 0 Å². The first kappa shape index (κ1) is 12.5. The summed E-state index contributed by atoms with van der Waals surface area (Å²) in [5.41, 5.74) is 2.82. The maximum Gasteiger partial charge on any atom is 0.130 e. The van der Waals surface area contributed by atoms with E-state index in [1.165, 1.54) is 11.3 Å². The van der Waals surface area contributed by atoms with Crippen molar-refractivity contribution >= 4 is 50.9 Å². The highest BCUT2D eigenvalue weighted by Gasteiger charge is 2.17. The van der Waals surface area contributed by atoms with Gasteiger partial charge in [0.2, 0.25) is 0 Å². The molecule has 0 atom stereocenters. The maximum atomic E-state index is 3.45. The van der Waals surface area contributed by atoms with E-state index in [1.54, 1.807) is 0 Å². The van der Waals surface area contributed by atoms with Crippen LogP contribution in [0, 0.1) is 0 Å². The summed E-state index contributed by atoms with van der Waals surface area (Å²) >= 11 is 4.73. The maximum absolute atomic E-state index is 3.45. The van der Waals surface area contributed by atoms with Gasteiger partial charge < -0.3 is 5.32 Å². The molecule has 1 N–H and O–H groups in total. The summed E-state index contributed by atoms with van der Waals surface area (Å²) in [6, 6.07) is 8.51. The summed E-state index contributed by atoms with van der Waals surface area (Å²) in [5.74, 6) is 0. The lowest BCUT2D eigenvalue weighted by molar-refractivity contribution is 0.592. The van der Waals surface area contributed by atoms with Crippen LogP contribution in [-0.4, -0.2) is 2.06 Å². The molecule has 0 radical (unpaired) electrons. The Kier molecular flexibility index (Phi) is 4.49. The fourth-order valence-corrected chi connectivity index (χ4v) is 2.05. The van der Waals surface area contributed by atoms with E-state index in [4.69, 9.17) is 0 Å². The number of halogens is 2. The van der Waals surface area contributed by atoms with Crippen molar-refractivity contribution in [2.24, 2.45) is 0 Å². The second-order valence-corrected chi connectivity index (χ2v) is 9.12. The minimum atomic E-state index is 0.200. The van der Waals surface area contributed by atoms with E-state index < -0.39 is 0 Å². The molecule has 0 aliphatic heterocycles. The number of anilines is 1. The molecule has 0 heterocycles. The van der Waals surface area contributed by atoms with E-state index in [0.717, 1.165) is 0 Å². The fraction of sp³-hybridized carbons (Fsp3) is 0.455. The van der Waals surface area contributed by atoms with Gasteiger partial charge >= 0.3 is 0 Å². The lowest BCUT2D eigenvalue weighted by atomic mass is 9.86. The molecule has 1 nitrogen and oxygen atoms in total. The van der Waals surface area contributed by atoms with Crippen LogP contribution in [0.1, 0.15) is 26.3 Å². The molecule has 0 saturated carbocycles. The Morgan fingerprint density at radius 3 is 2.21 bits per heavy atom. The summed E-state index contributed by atoms with van der Waals surface area (Å²) in [4.78, 5) is 0. The molecular weight excluding hydrogens is 400 g/mol. The predicted molar refractivity (Wildman–Crippen MR) is 80.6 cm³/mol. The molecule has 0 spiro atoms. The number of rotatable bonds is 2. The molecule has 1 aromatic carbocycles. The zero-order chi connectivity index (χ0) is 10.8. The van der Waals surface area contributed by atoms with Gasteiger partial charge in [0.05, 0.1) is 0 Å². The van der Waals surface area contributed by atoms with E-state index in [9.17, 15) is 0 Å². The summed E-state index contributed by atoms with van der Waals surface area (Å²) in [6.07, 6.45) is 0. The topological polar surface area (TPSA) is 12.0 Å². The third-order valence-electron chi connectivity index (χ3n) is 2.00. The van der Waals surface area contributed by atoms with E-state index in [2.05, 4.69) is 95.5 Å². The molecule has 0 bridgehead atoms. The molecule has 0 aliphatic carbocycles. The number of alkyl halides is 2. The third kappa shape index (κ3) is 3.56. The molecule has 0 aliphatic rings. The van der Waals surface area contributed by atoms with Crippen molar-refractivity contribution in [2.75, 3.05) is 5.32 Å². The average molecular weight is 415 g/mol. The second-order valence-electron chi connectivity index (χ2n) is 4.24. The molecule has 3 heteroatoms. The number of nitrogens with one attached hydrogen (secondary N) is 1.